The monoisotopic (exact) mass is 268 g/mol. The van der Waals surface area contributed by atoms with Gasteiger partial charge >= 0.3 is 0 Å². The van der Waals surface area contributed by atoms with Crippen molar-refractivity contribution in [3.05, 3.63) is 0 Å². The lowest BCUT2D eigenvalue weighted by Crippen LogP contribution is -2.47. The molecule has 0 aromatic rings. The van der Waals surface area contributed by atoms with Crippen LogP contribution in [-0.2, 0) is 9.47 Å². The molecule has 3 nitrogen and oxygen atoms in total. The zero-order chi connectivity index (χ0) is 13.1. The van der Waals surface area contributed by atoms with Crippen LogP contribution in [0.25, 0.3) is 0 Å². The normalized spacial score (nSPS) is 40.9. The van der Waals surface area contributed by atoms with Crippen LogP contribution < -0.4 is 0 Å². The number of hydrogen-bond donors (Lipinski definition) is 1. The van der Waals surface area contributed by atoms with Crippen LogP contribution in [0, 0.1) is 11.8 Å². The van der Waals surface area contributed by atoms with Gasteiger partial charge in [0.15, 0.2) is 6.29 Å². The van der Waals surface area contributed by atoms with Crippen LogP contribution in [0.4, 0.5) is 0 Å². The molecule has 0 bridgehead atoms. The van der Waals surface area contributed by atoms with E-state index in [9.17, 15) is 5.11 Å². The van der Waals surface area contributed by atoms with Gasteiger partial charge in [0.2, 0.25) is 0 Å². The Labute approximate surface area is 116 Å². The van der Waals surface area contributed by atoms with Gasteiger partial charge in [0.25, 0.3) is 0 Å². The van der Waals surface area contributed by atoms with Crippen LogP contribution in [0.15, 0.2) is 0 Å². The zero-order valence-electron chi connectivity index (χ0n) is 12.0. The predicted molar refractivity (Wildman–Crippen MR) is 73.8 cm³/mol. The highest BCUT2D eigenvalue weighted by Crippen LogP contribution is 2.48. The molecule has 2 unspecified atom stereocenters. The van der Waals surface area contributed by atoms with E-state index >= 15 is 0 Å². The highest BCUT2D eigenvalue weighted by molar-refractivity contribution is 4.96. The Morgan fingerprint density at radius 1 is 0.947 bits per heavy atom. The zero-order valence-corrected chi connectivity index (χ0v) is 12.0. The predicted octanol–water partition coefficient (Wildman–Crippen LogP) is 3.25. The molecule has 2 aliphatic carbocycles. The molecule has 0 aromatic carbocycles. The van der Waals surface area contributed by atoms with Gasteiger partial charge in [-0.3, -0.25) is 0 Å². The Kier molecular flexibility index (Phi) is 4.45. The molecule has 3 atom stereocenters. The highest BCUT2D eigenvalue weighted by atomic mass is 16.7. The van der Waals surface area contributed by atoms with Crippen molar-refractivity contribution in [2.45, 2.75) is 76.1 Å². The Morgan fingerprint density at radius 3 is 2.53 bits per heavy atom. The molecule has 3 rings (SSSR count). The van der Waals surface area contributed by atoms with Gasteiger partial charge in [0, 0.05) is 6.42 Å². The van der Waals surface area contributed by atoms with Gasteiger partial charge in [-0.05, 0) is 43.9 Å². The minimum atomic E-state index is -0.437. The summed E-state index contributed by atoms with van der Waals surface area (Å²) in [4.78, 5) is 0. The fourth-order valence-corrected chi connectivity index (χ4v) is 4.50. The molecule has 3 heteroatoms. The van der Waals surface area contributed by atoms with E-state index in [1.807, 2.05) is 0 Å². The van der Waals surface area contributed by atoms with E-state index in [2.05, 4.69) is 0 Å². The molecule has 0 radical (unpaired) electrons. The molecule has 0 aromatic heterocycles. The number of hydrogen-bond acceptors (Lipinski definition) is 3. The second-order valence-electron chi connectivity index (χ2n) is 6.71. The summed E-state index contributed by atoms with van der Waals surface area (Å²) >= 11 is 0. The van der Waals surface area contributed by atoms with E-state index in [4.69, 9.17) is 9.47 Å². The molecule has 1 N–H and O–H groups in total. The van der Waals surface area contributed by atoms with Crippen molar-refractivity contribution >= 4 is 0 Å². The first-order valence-corrected chi connectivity index (χ1v) is 8.23. The summed E-state index contributed by atoms with van der Waals surface area (Å²) in [5.74, 6) is 1.32. The second kappa shape index (κ2) is 6.11. The van der Waals surface area contributed by atoms with Crippen molar-refractivity contribution in [1.82, 2.24) is 0 Å². The average Bonchev–Trinajstić information content (AvgIpc) is 2.47. The fraction of sp³-hybridized carbons (Fsp3) is 1.00. The molecule has 3 aliphatic rings. The van der Waals surface area contributed by atoms with Crippen molar-refractivity contribution in [1.29, 1.82) is 0 Å². The minimum absolute atomic E-state index is 0.0678. The molecule has 3 fully saturated rings. The topological polar surface area (TPSA) is 38.7 Å². The van der Waals surface area contributed by atoms with Crippen molar-refractivity contribution in [2.75, 3.05) is 13.2 Å². The van der Waals surface area contributed by atoms with Crippen LogP contribution in [-0.4, -0.2) is 30.2 Å². The van der Waals surface area contributed by atoms with Gasteiger partial charge in [-0.15, -0.1) is 0 Å². The first kappa shape index (κ1) is 13.8. The second-order valence-corrected chi connectivity index (χ2v) is 6.71. The number of rotatable bonds is 3. The molecule has 1 saturated heterocycles. The van der Waals surface area contributed by atoms with Gasteiger partial charge < -0.3 is 14.6 Å². The molecule has 2 saturated carbocycles. The van der Waals surface area contributed by atoms with E-state index in [0.29, 0.717) is 5.92 Å². The smallest absolute Gasteiger partial charge is 0.157 e. The van der Waals surface area contributed by atoms with Crippen molar-refractivity contribution in [3.63, 3.8) is 0 Å². The average molecular weight is 268 g/mol. The lowest BCUT2D eigenvalue weighted by molar-refractivity contribution is -0.192. The quantitative estimate of drug-likeness (QED) is 0.854. The standard InChI is InChI=1S/C16H28O3/c17-16(10-8-15-18-11-4-12-19-15)9-3-6-13-5-1-2-7-14(13)16/h13-15,17H,1-12H2/t13?,14?,16-/m1/s1. The lowest BCUT2D eigenvalue weighted by Gasteiger charge is -2.48. The van der Waals surface area contributed by atoms with Gasteiger partial charge in [0.1, 0.15) is 0 Å². The maximum atomic E-state index is 11.1. The summed E-state index contributed by atoms with van der Waals surface area (Å²) in [5.41, 5.74) is -0.437. The van der Waals surface area contributed by atoms with Gasteiger partial charge in [0.05, 0.1) is 18.8 Å². The Bertz CT molecular complexity index is 286. The Morgan fingerprint density at radius 2 is 1.68 bits per heavy atom. The summed E-state index contributed by atoms with van der Waals surface area (Å²) < 4.78 is 11.2. The van der Waals surface area contributed by atoms with E-state index < -0.39 is 5.60 Å². The molecule has 1 aliphatic heterocycles. The van der Waals surface area contributed by atoms with Crippen LogP contribution in [0.1, 0.15) is 64.2 Å². The molecule has 1 heterocycles. The maximum absolute atomic E-state index is 11.1. The molecule has 0 amide bonds. The van der Waals surface area contributed by atoms with Gasteiger partial charge in [-0.25, -0.2) is 0 Å². The third kappa shape index (κ3) is 3.14. The highest BCUT2D eigenvalue weighted by Gasteiger charge is 2.44. The van der Waals surface area contributed by atoms with Gasteiger partial charge in [-0.1, -0.05) is 25.7 Å². The summed E-state index contributed by atoms with van der Waals surface area (Å²) in [6.07, 6.45) is 11.4. The maximum Gasteiger partial charge on any atom is 0.157 e. The molecular weight excluding hydrogens is 240 g/mol. The largest absolute Gasteiger partial charge is 0.390 e. The van der Waals surface area contributed by atoms with E-state index in [1.165, 1.54) is 38.5 Å². The molecule has 19 heavy (non-hydrogen) atoms. The Balaban J connectivity index is 1.57. The summed E-state index contributed by atoms with van der Waals surface area (Å²) in [6, 6.07) is 0. The van der Waals surface area contributed by atoms with Crippen molar-refractivity contribution in [2.24, 2.45) is 11.8 Å². The Hall–Kier alpha value is -0.120. The van der Waals surface area contributed by atoms with Crippen LogP contribution in [0.5, 0.6) is 0 Å². The third-order valence-electron chi connectivity index (χ3n) is 5.49. The third-order valence-corrected chi connectivity index (χ3v) is 5.49. The number of fused-ring (bicyclic) bond motifs is 1. The summed E-state index contributed by atoms with van der Waals surface area (Å²) in [6.45, 7) is 1.63. The van der Waals surface area contributed by atoms with Crippen LogP contribution in [0.2, 0.25) is 0 Å². The first-order chi connectivity index (χ1) is 9.28. The van der Waals surface area contributed by atoms with Crippen LogP contribution in [0.3, 0.4) is 0 Å². The number of ether oxygens (including phenoxy) is 2. The van der Waals surface area contributed by atoms with Crippen molar-refractivity contribution in [3.8, 4) is 0 Å². The first-order valence-electron chi connectivity index (χ1n) is 8.23. The fourth-order valence-electron chi connectivity index (χ4n) is 4.50. The minimum Gasteiger partial charge on any atom is -0.390 e. The van der Waals surface area contributed by atoms with Crippen LogP contribution >= 0.6 is 0 Å². The molecular formula is C16H28O3. The molecule has 0 spiro atoms. The summed E-state index contributed by atoms with van der Waals surface area (Å²) in [5, 5.41) is 11.1. The SMILES string of the molecule is O[C@@]1(CCC2OCCCO2)CCCC2CCCCC21. The lowest BCUT2D eigenvalue weighted by atomic mass is 9.62. The number of aliphatic hydroxyl groups is 1. The molecule has 110 valence electrons. The van der Waals surface area contributed by atoms with Gasteiger partial charge in [-0.2, -0.15) is 0 Å². The summed E-state index contributed by atoms with van der Waals surface area (Å²) in [7, 11) is 0. The van der Waals surface area contributed by atoms with E-state index in [0.717, 1.165) is 44.8 Å². The van der Waals surface area contributed by atoms with E-state index in [1.54, 1.807) is 0 Å². The van der Waals surface area contributed by atoms with Crippen molar-refractivity contribution < 1.29 is 14.6 Å². The van der Waals surface area contributed by atoms with E-state index in [-0.39, 0.29) is 6.29 Å².